The fraction of sp³-hybridized carbons (Fsp3) is 0.381. The number of nitrogens with zero attached hydrogens (tertiary/aromatic N) is 3. The molecule has 24 heavy (non-hydrogen) atoms. The van der Waals surface area contributed by atoms with Crippen molar-refractivity contribution >= 4 is 10.9 Å². The molecule has 0 saturated heterocycles. The molecule has 0 radical (unpaired) electrons. The summed E-state index contributed by atoms with van der Waals surface area (Å²) in [6, 6.07) is 11.2. The van der Waals surface area contributed by atoms with Gasteiger partial charge in [-0.1, -0.05) is 24.6 Å². The van der Waals surface area contributed by atoms with Crippen LogP contribution >= 0.6 is 0 Å². The Morgan fingerprint density at radius 2 is 2.00 bits per heavy atom. The van der Waals surface area contributed by atoms with Gasteiger partial charge < -0.3 is 4.57 Å². The zero-order valence-electron chi connectivity index (χ0n) is 14.8. The first-order chi connectivity index (χ1) is 11.7. The number of aromatic nitrogens is 2. The van der Waals surface area contributed by atoms with E-state index in [1.165, 1.54) is 33.3 Å². The third-order valence-electron chi connectivity index (χ3n) is 5.25. The molecular weight excluding hydrogens is 294 g/mol. The van der Waals surface area contributed by atoms with Crippen molar-refractivity contribution in [3.8, 4) is 0 Å². The van der Waals surface area contributed by atoms with Gasteiger partial charge in [0.2, 0.25) is 0 Å². The minimum absolute atomic E-state index is 0.911. The van der Waals surface area contributed by atoms with Crippen LogP contribution in [0, 0.1) is 13.8 Å². The molecule has 3 aromatic rings. The molecule has 0 saturated carbocycles. The van der Waals surface area contributed by atoms with Gasteiger partial charge in [0.25, 0.3) is 0 Å². The number of hydrogen-bond acceptors (Lipinski definition) is 2. The van der Waals surface area contributed by atoms with Crippen LogP contribution in [0.15, 0.2) is 36.5 Å². The molecule has 0 amide bonds. The highest BCUT2D eigenvalue weighted by atomic mass is 15.1. The van der Waals surface area contributed by atoms with Crippen LogP contribution in [0.3, 0.4) is 0 Å². The van der Waals surface area contributed by atoms with Crippen LogP contribution < -0.4 is 0 Å². The minimum atomic E-state index is 0.911. The second kappa shape index (κ2) is 6.06. The van der Waals surface area contributed by atoms with Crippen molar-refractivity contribution in [2.45, 2.75) is 40.3 Å². The lowest BCUT2D eigenvalue weighted by Crippen LogP contribution is -2.30. The molecular formula is C21H25N3. The van der Waals surface area contributed by atoms with Gasteiger partial charge >= 0.3 is 0 Å². The van der Waals surface area contributed by atoms with E-state index in [1.54, 1.807) is 0 Å². The van der Waals surface area contributed by atoms with E-state index in [0.29, 0.717) is 0 Å². The van der Waals surface area contributed by atoms with Crippen LogP contribution in [0.1, 0.15) is 35.0 Å². The first kappa shape index (κ1) is 15.4. The van der Waals surface area contributed by atoms with Crippen LogP contribution in [-0.2, 0) is 19.5 Å². The molecule has 2 aromatic heterocycles. The fourth-order valence-corrected chi connectivity index (χ4v) is 3.84. The Bertz CT molecular complexity index is 874. The van der Waals surface area contributed by atoms with Gasteiger partial charge in [-0.3, -0.25) is 9.88 Å². The summed E-state index contributed by atoms with van der Waals surface area (Å²) in [5, 5.41) is 1.43. The summed E-state index contributed by atoms with van der Waals surface area (Å²) < 4.78 is 2.52. The van der Waals surface area contributed by atoms with Gasteiger partial charge in [-0.15, -0.1) is 0 Å². The van der Waals surface area contributed by atoms with Gasteiger partial charge in [0.1, 0.15) is 0 Å². The molecule has 124 valence electrons. The average molecular weight is 319 g/mol. The SMILES string of the molecule is CCN1CCc2c(c3cc(C)ccc3n2Cc2ccc(C)nc2)C1. The molecule has 4 rings (SSSR count). The van der Waals surface area contributed by atoms with E-state index in [0.717, 1.165) is 38.3 Å². The molecule has 1 aliphatic heterocycles. The van der Waals surface area contributed by atoms with Crippen LogP contribution in [0.5, 0.6) is 0 Å². The van der Waals surface area contributed by atoms with Crippen molar-refractivity contribution < 1.29 is 0 Å². The van der Waals surface area contributed by atoms with E-state index in [-0.39, 0.29) is 0 Å². The molecule has 0 N–H and O–H groups in total. The second-order valence-corrected chi connectivity index (χ2v) is 6.96. The number of benzene rings is 1. The fourth-order valence-electron chi connectivity index (χ4n) is 3.84. The summed E-state index contributed by atoms with van der Waals surface area (Å²) in [4.78, 5) is 7.01. The van der Waals surface area contributed by atoms with Crippen LogP contribution in [0.4, 0.5) is 0 Å². The van der Waals surface area contributed by atoms with E-state index < -0.39 is 0 Å². The largest absolute Gasteiger partial charge is 0.340 e. The lowest BCUT2D eigenvalue weighted by Gasteiger charge is -2.27. The van der Waals surface area contributed by atoms with Crippen molar-refractivity contribution in [1.29, 1.82) is 0 Å². The Balaban J connectivity index is 1.84. The van der Waals surface area contributed by atoms with Crippen molar-refractivity contribution in [2.75, 3.05) is 13.1 Å². The zero-order chi connectivity index (χ0) is 16.7. The van der Waals surface area contributed by atoms with Gasteiger partial charge in [-0.25, -0.2) is 0 Å². The van der Waals surface area contributed by atoms with E-state index in [4.69, 9.17) is 0 Å². The van der Waals surface area contributed by atoms with Gasteiger partial charge in [0.15, 0.2) is 0 Å². The van der Waals surface area contributed by atoms with Gasteiger partial charge in [-0.05, 0) is 49.7 Å². The van der Waals surface area contributed by atoms with Crippen LogP contribution in [-0.4, -0.2) is 27.5 Å². The molecule has 3 heterocycles. The van der Waals surface area contributed by atoms with Gasteiger partial charge in [0, 0.05) is 54.5 Å². The highest BCUT2D eigenvalue weighted by Gasteiger charge is 2.23. The van der Waals surface area contributed by atoms with Gasteiger partial charge in [0.05, 0.1) is 0 Å². The van der Waals surface area contributed by atoms with Crippen molar-refractivity contribution in [2.24, 2.45) is 0 Å². The molecule has 3 heteroatoms. The summed E-state index contributed by atoms with van der Waals surface area (Å²) in [5.74, 6) is 0. The molecule has 1 aromatic carbocycles. The van der Waals surface area contributed by atoms with E-state index in [9.17, 15) is 0 Å². The van der Waals surface area contributed by atoms with E-state index >= 15 is 0 Å². The third kappa shape index (κ3) is 2.63. The Hall–Kier alpha value is -2.13. The number of fused-ring (bicyclic) bond motifs is 3. The first-order valence-corrected chi connectivity index (χ1v) is 8.90. The highest BCUT2D eigenvalue weighted by Crippen LogP contribution is 2.32. The Morgan fingerprint density at radius 1 is 1.12 bits per heavy atom. The molecule has 0 bridgehead atoms. The summed E-state index contributed by atoms with van der Waals surface area (Å²) >= 11 is 0. The summed E-state index contributed by atoms with van der Waals surface area (Å²) in [5.41, 5.74) is 8.10. The maximum atomic E-state index is 4.47. The van der Waals surface area contributed by atoms with E-state index in [1.807, 2.05) is 13.1 Å². The average Bonchev–Trinajstić information content (AvgIpc) is 2.89. The summed E-state index contributed by atoms with van der Waals surface area (Å²) in [6.45, 7) is 10.8. The second-order valence-electron chi connectivity index (χ2n) is 6.96. The standard InChI is InChI=1S/C21H25N3/c1-4-23-10-9-21-19(14-23)18-11-15(2)5-8-20(18)24(21)13-17-7-6-16(3)22-12-17/h5-8,11-12H,4,9-10,13-14H2,1-3H3. The number of aryl methyl sites for hydroxylation is 2. The maximum absolute atomic E-state index is 4.47. The number of hydrogen-bond donors (Lipinski definition) is 0. The van der Waals surface area contributed by atoms with Crippen molar-refractivity contribution in [1.82, 2.24) is 14.5 Å². The van der Waals surface area contributed by atoms with Crippen molar-refractivity contribution in [3.05, 3.63) is 64.6 Å². The number of rotatable bonds is 3. The lowest BCUT2D eigenvalue weighted by atomic mass is 10.0. The minimum Gasteiger partial charge on any atom is -0.340 e. The number of likely N-dealkylation sites (N-methyl/N-ethyl adjacent to an activating group) is 1. The Kier molecular flexibility index (Phi) is 3.89. The van der Waals surface area contributed by atoms with Crippen LogP contribution in [0.25, 0.3) is 10.9 Å². The molecule has 1 aliphatic rings. The normalized spacial score (nSPS) is 15.0. The molecule has 0 atom stereocenters. The summed E-state index contributed by atoms with van der Waals surface area (Å²) in [6.07, 6.45) is 3.15. The summed E-state index contributed by atoms with van der Waals surface area (Å²) in [7, 11) is 0. The predicted octanol–water partition coefficient (Wildman–Crippen LogP) is 4.08. The van der Waals surface area contributed by atoms with Crippen LogP contribution in [0.2, 0.25) is 0 Å². The smallest absolute Gasteiger partial charge is 0.0494 e. The molecule has 0 fully saturated rings. The number of pyridine rings is 1. The zero-order valence-corrected chi connectivity index (χ0v) is 14.8. The van der Waals surface area contributed by atoms with Gasteiger partial charge in [-0.2, -0.15) is 0 Å². The molecule has 3 nitrogen and oxygen atoms in total. The highest BCUT2D eigenvalue weighted by molar-refractivity contribution is 5.86. The molecule has 0 unspecified atom stereocenters. The van der Waals surface area contributed by atoms with Crippen molar-refractivity contribution in [3.63, 3.8) is 0 Å². The molecule has 0 spiro atoms. The topological polar surface area (TPSA) is 21.1 Å². The lowest BCUT2D eigenvalue weighted by molar-refractivity contribution is 0.266. The monoisotopic (exact) mass is 319 g/mol. The third-order valence-corrected chi connectivity index (χ3v) is 5.25. The molecule has 0 aliphatic carbocycles. The Labute approximate surface area is 143 Å². The Morgan fingerprint density at radius 3 is 2.75 bits per heavy atom. The maximum Gasteiger partial charge on any atom is 0.0494 e. The first-order valence-electron chi connectivity index (χ1n) is 8.90. The predicted molar refractivity (Wildman–Crippen MR) is 99.4 cm³/mol. The van der Waals surface area contributed by atoms with E-state index in [2.05, 4.69) is 58.6 Å². The quantitative estimate of drug-likeness (QED) is 0.725.